The number of benzene rings is 1. The van der Waals surface area contributed by atoms with Crippen molar-refractivity contribution in [2.45, 2.75) is 37.5 Å². The van der Waals surface area contributed by atoms with Gasteiger partial charge in [-0.2, -0.15) is 0 Å². The normalized spacial score (nSPS) is 34.1. The number of carbonyl (C=O) groups excluding carboxylic acids is 6. The molecule has 8 atom stereocenters. The lowest BCUT2D eigenvalue weighted by Crippen LogP contribution is -2.78. The Labute approximate surface area is 215 Å². The van der Waals surface area contributed by atoms with E-state index in [4.69, 9.17) is 15.9 Å². The van der Waals surface area contributed by atoms with E-state index in [1.165, 1.54) is 31.1 Å². The molecule has 0 aliphatic heterocycles. The Hall–Kier alpha value is -4.22. The maximum absolute atomic E-state index is 14.0. The number of phenolic OH excluding ortho intramolecular Hbond substituents is 1. The molecule has 14 nitrogen and oxygen atoms in total. The number of hydrogen-bond donors (Lipinski definition) is 4. The summed E-state index contributed by atoms with van der Waals surface area (Å²) in [6.07, 6.45) is -1.51. The molecule has 1 amide bonds. The number of esters is 1. The number of ketones is 4. The zero-order valence-corrected chi connectivity index (χ0v) is 20.9. The van der Waals surface area contributed by atoms with Gasteiger partial charge in [-0.3, -0.25) is 33.7 Å². The summed E-state index contributed by atoms with van der Waals surface area (Å²) in [5.74, 6) is -15.2. The van der Waals surface area contributed by atoms with Crippen molar-refractivity contribution in [3.8, 4) is 5.75 Å². The Morgan fingerprint density at radius 2 is 1.82 bits per heavy atom. The van der Waals surface area contributed by atoms with Gasteiger partial charge in [-0.25, -0.2) is 0 Å². The molecule has 2 saturated carbocycles. The number of hydrogen-bond acceptors (Lipinski definition) is 12. The van der Waals surface area contributed by atoms with Crippen LogP contribution in [0.25, 0.3) is 5.08 Å². The van der Waals surface area contributed by atoms with Crippen molar-refractivity contribution in [2.24, 2.45) is 29.4 Å². The van der Waals surface area contributed by atoms with E-state index in [1.807, 2.05) is 0 Å². The second-order valence-corrected chi connectivity index (χ2v) is 10.1. The van der Waals surface area contributed by atoms with Crippen molar-refractivity contribution < 1.29 is 43.7 Å². The topological polar surface area (TPSA) is 222 Å². The minimum atomic E-state index is -3.09. The van der Waals surface area contributed by atoms with Crippen molar-refractivity contribution in [2.75, 3.05) is 19.5 Å². The molecule has 0 saturated heterocycles. The first-order chi connectivity index (χ1) is 17.7. The number of aliphatic hydroxyl groups is 1. The molecule has 3 aliphatic rings. The van der Waals surface area contributed by atoms with Crippen molar-refractivity contribution in [3.63, 3.8) is 0 Å². The molecule has 200 valence electrons. The summed E-state index contributed by atoms with van der Waals surface area (Å²) in [7, 11) is 2.84. The van der Waals surface area contributed by atoms with Crippen LogP contribution in [0.5, 0.6) is 5.75 Å². The Morgan fingerprint density at radius 1 is 1.18 bits per heavy atom. The first kappa shape index (κ1) is 26.8. The van der Waals surface area contributed by atoms with Crippen molar-refractivity contribution in [3.05, 3.63) is 28.3 Å². The van der Waals surface area contributed by atoms with E-state index in [-0.39, 0.29) is 16.8 Å². The molecule has 5 N–H and O–H groups in total. The quantitative estimate of drug-likeness (QED) is 0.123. The molecule has 14 heteroatoms. The van der Waals surface area contributed by atoms with E-state index in [9.17, 15) is 39.0 Å². The number of rotatable bonds is 4. The number of amides is 1. The summed E-state index contributed by atoms with van der Waals surface area (Å²) in [6, 6.07) is 1.31. The zero-order chi connectivity index (χ0) is 28.4. The van der Waals surface area contributed by atoms with Gasteiger partial charge in [0.05, 0.1) is 23.4 Å². The number of carbonyl (C=O) groups is 6. The number of ether oxygens (including phenoxy) is 1. The molecule has 2 fully saturated rings. The van der Waals surface area contributed by atoms with Crippen LogP contribution in [0.15, 0.2) is 12.1 Å². The molecule has 4 rings (SSSR count). The molecule has 38 heavy (non-hydrogen) atoms. The average molecular weight is 528 g/mol. The van der Waals surface area contributed by atoms with Gasteiger partial charge in [0.15, 0.2) is 46.1 Å². The van der Waals surface area contributed by atoms with Gasteiger partial charge < -0.3 is 20.7 Å². The number of Topliss-reactive ketones (excluding diaryl/α,β-unsaturated/α-hetero) is 4. The van der Waals surface area contributed by atoms with Crippen LogP contribution >= 0.6 is 0 Å². The molecule has 0 heterocycles. The van der Waals surface area contributed by atoms with Gasteiger partial charge in [-0.05, 0) is 37.1 Å². The van der Waals surface area contributed by atoms with Gasteiger partial charge in [-0.15, -0.1) is 0 Å². The van der Waals surface area contributed by atoms with Crippen LogP contribution in [-0.2, 0) is 28.7 Å². The molecule has 0 radical (unpaired) electrons. The maximum Gasteiger partial charge on any atom is 0.308 e. The molecule has 0 spiro atoms. The molecule has 2 unspecified atom stereocenters. The molecular weight excluding hydrogens is 502 g/mol. The number of nitrogens with one attached hydrogen (secondary N) is 1. The van der Waals surface area contributed by atoms with Gasteiger partial charge in [0, 0.05) is 12.8 Å². The maximum atomic E-state index is 14.0. The van der Waals surface area contributed by atoms with Crippen LogP contribution in [-0.4, -0.2) is 82.0 Å². The van der Waals surface area contributed by atoms with E-state index in [0.717, 1.165) is 6.92 Å². The van der Waals surface area contributed by atoms with E-state index in [1.54, 1.807) is 6.92 Å². The molecule has 0 bridgehead atoms. The highest BCUT2D eigenvalue weighted by Gasteiger charge is 2.74. The number of nitrogens with two attached hydrogens (primary N) is 1. The average Bonchev–Trinajstić information content (AvgIpc) is 2.81. The predicted molar refractivity (Wildman–Crippen MR) is 126 cm³/mol. The standard InChI is InChI=1S/C24H25N5O9/c1-7-9-5-6-10(27-28-26)17(31)12(9)18(32)13-11(7)20(38-8(2)30)15-16(29(3)4)19(33)14(23(25)36)22(35)24(15,37)21(13)34/h5-7,11,13-16,20,26,37H,1-4H3,(H2,25,36)/p+1/t7-,11+,13?,14?,15+,16-,20-,24-/m0/s1. The third kappa shape index (κ3) is 3.42. The second kappa shape index (κ2) is 8.96. The fourth-order valence-corrected chi connectivity index (χ4v) is 6.44. The van der Waals surface area contributed by atoms with Gasteiger partial charge >= 0.3 is 11.1 Å². The first-order valence-electron chi connectivity index (χ1n) is 11.7. The lowest BCUT2D eigenvalue weighted by Gasteiger charge is -2.56. The SMILES string of the molecule is CC(=O)O[C@H]1[C@H]2C(C(=O)c3c(ccc(N[N+]#N)c3O)[C@@H]2C)C(=O)[C@]2(O)C(=O)C(C(N)=O)C(=O)[C@@H](N(C)C)[C@H]12. The van der Waals surface area contributed by atoms with Crippen LogP contribution in [0.1, 0.15) is 35.7 Å². The fourth-order valence-electron chi connectivity index (χ4n) is 6.44. The fraction of sp³-hybridized carbons (Fsp3) is 0.500. The lowest BCUT2D eigenvalue weighted by atomic mass is 9.49. The number of likely N-dealkylation sites (N-methyl/N-ethyl adjacent to an activating group) is 1. The van der Waals surface area contributed by atoms with Crippen molar-refractivity contribution in [1.82, 2.24) is 4.90 Å². The van der Waals surface area contributed by atoms with Crippen LogP contribution in [0.2, 0.25) is 0 Å². The minimum absolute atomic E-state index is 0.164. The summed E-state index contributed by atoms with van der Waals surface area (Å²) >= 11 is 0. The largest absolute Gasteiger partial charge is 0.505 e. The molecular formula is C24H26N5O9+. The third-order valence-corrected chi connectivity index (χ3v) is 7.93. The number of anilines is 1. The van der Waals surface area contributed by atoms with Crippen molar-refractivity contribution in [1.29, 1.82) is 5.39 Å². The first-order valence-corrected chi connectivity index (χ1v) is 11.7. The Bertz CT molecular complexity index is 1350. The monoisotopic (exact) mass is 528 g/mol. The van der Waals surface area contributed by atoms with Crippen LogP contribution < -0.4 is 11.2 Å². The number of aromatic hydroxyl groups is 1. The number of nitrogens with zero attached hydrogens (tertiary/aromatic N) is 3. The second-order valence-electron chi connectivity index (χ2n) is 10.1. The van der Waals surface area contributed by atoms with Gasteiger partial charge in [0.25, 0.3) is 5.39 Å². The van der Waals surface area contributed by atoms with Gasteiger partial charge in [0.2, 0.25) is 5.91 Å². The highest BCUT2D eigenvalue weighted by Crippen LogP contribution is 2.55. The number of phenols is 1. The van der Waals surface area contributed by atoms with Crippen LogP contribution in [0.4, 0.5) is 5.69 Å². The Morgan fingerprint density at radius 3 is 2.34 bits per heavy atom. The third-order valence-electron chi connectivity index (χ3n) is 7.93. The van der Waals surface area contributed by atoms with Crippen LogP contribution in [0.3, 0.4) is 0 Å². The number of fused-ring (bicyclic) bond motifs is 3. The molecule has 0 aromatic heterocycles. The van der Waals surface area contributed by atoms with Crippen LogP contribution in [0, 0.1) is 29.1 Å². The summed E-state index contributed by atoms with van der Waals surface area (Å²) in [5.41, 5.74) is 4.11. The summed E-state index contributed by atoms with van der Waals surface area (Å²) in [6.45, 7) is 2.66. The number of diazo groups is 1. The highest BCUT2D eigenvalue weighted by atomic mass is 16.5. The number of primary amides is 1. The van der Waals surface area contributed by atoms with E-state index in [0.29, 0.717) is 0 Å². The van der Waals surface area contributed by atoms with E-state index < -0.39 is 88.1 Å². The zero-order valence-electron chi connectivity index (χ0n) is 20.9. The van der Waals surface area contributed by atoms with Crippen molar-refractivity contribution >= 4 is 40.7 Å². The van der Waals surface area contributed by atoms with E-state index in [2.05, 4.69) is 10.5 Å². The Balaban J connectivity index is 2.02. The smallest absolute Gasteiger partial charge is 0.308 e. The highest BCUT2D eigenvalue weighted by molar-refractivity contribution is 6.32. The van der Waals surface area contributed by atoms with E-state index >= 15 is 0 Å². The van der Waals surface area contributed by atoms with Gasteiger partial charge in [-0.1, -0.05) is 13.0 Å². The molecule has 1 aromatic rings. The molecule has 3 aliphatic carbocycles. The minimum Gasteiger partial charge on any atom is -0.505 e. The van der Waals surface area contributed by atoms with Gasteiger partial charge in [0.1, 0.15) is 6.10 Å². The summed E-state index contributed by atoms with van der Waals surface area (Å²) in [5, 5.41) is 34.1. The Kier molecular flexibility index (Phi) is 6.33. The predicted octanol–water partition coefficient (Wildman–Crippen LogP) is -0.850. The summed E-state index contributed by atoms with van der Waals surface area (Å²) < 4.78 is 5.57. The lowest BCUT2D eigenvalue weighted by molar-refractivity contribution is -0.205. The summed E-state index contributed by atoms with van der Waals surface area (Å²) in [4.78, 5) is 80.3. The molecule has 1 aromatic carbocycles.